The van der Waals surface area contributed by atoms with Gasteiger partial charge in [-0.1, -0.05) is 42.1 Å². The van der Waals surface area contributed by atoms with Gasteiger partial charge in [0, 0.05) is 19.4 Å². The molecule has 0 fully saturated rings. The van der Waals surface area contributed by atoms with E-state index in [9.17, 15) is 9.59 Å². The molecule has 30 heavy (non-hydrogen) atoms. The first-order valence-corrected chi connectivity index (χ1v) is 10.6. The molecule has 1 N–H and O–H groups in total. The summed E-state index contributed by atoms with van der Waals surface area (Å²) in [6.07, 6.45) is 2.87. The first kappa shape index (κ1) is 20.0. The molecule has 154 valence electrons. The number of nitrogens with zero attached hydrogens (tertiary/aromatic N) is 3. The first-order valence-electron chi connectivity index (χ1n) is 9.58. The Kier molecular flexibility index (Phi) is 5.76. The Morgan fingerprint density at radius 1 is 1.17 bits per heavy atom. The number of para-hydroxylation sites is 3. The molecule has 0 spiro atoms. The van der Waals surface area contributed by atoms with Gasteiger partial charge in [0.05, 0.1) is 23.7 Å². The molecule has 0 bridgehead atoms. The van der Waals surface area contributed by atoms with Crippen LogP contribution in [0.3, 0.4) is 0 Å². The smallest absolute Gasteiger partial charge is 0.262 e. The summed E-state index contributed by atoms with van der Waals surface area (Å²) in [6, 6.07) is 15.3. The Morgan fingerprint density at radius 3 is 2.67 bits per heavy atom. The molecule has 2 heterocycles. The van der Waals surface area contributed by atoms with Gasteiger partial charge in [0.15, 0.2) is 11.3 Å². The average Bonchev–Trinajstić information content (AvgIpc) is 3.24. The van der Waals surface area contributed by atoms with Crippen LogP contribution in [0.2, 0.25) is 0 Å². The highest BCUT2D eigenvalue weighted by atomic mass is 32.2. The Morgan fingerprint density at radius 2 is 1.90 bits per heavy atom. The van der Waals surface area contributed by atoms with Gasteiger partial charge in [-0.3, -0.25) is 14.2 Å². The third-order valence-corrected chi connectivity index (χ3v) is 5.87. The minimum Gasteiger partial charge on any atom is -0.477 e. The molecule has 0 saturated carbocycles. The second-order valence-electron chi connectivity index (χ2n) is 6.85. The summed E-state index contributed by atoms with van der Waals surface area (Å²) in [7, 11) is 1.56. The maximum atomic E-state index is 13.1. The number of hydrogen-bond acceptors (Lipinski definition) is 5. The van der Waals surface area contributed by atoms with Gasteiger partial charge >= 0.3 is 0 Å². The zero-order valence-electron chi connectivity index (χ0n) is 16.7. The number of imidazole rings is 1. The number of amides is 2. The lowest BCUT2D eigenvalue weighted by molar-refractivity contribution is -0.127. The molecule has 1 aliphatic rings. The molecule has 2 amide bonds. The molecule has 8 heteroatoms. The van der Waals surface area contributed by atoms with Gasteiger partial charge in [-0.25, -0.2) is 4.98 Å². The van der Waals surface area contributed by atoms with Crippen molar-refractivity contribution in [3.63, 3.8) is 0 Å². The summed E-state index contributed by atoms with van der Waals surface area (Å²) < 4.78 is 7.76. The lowest BCUT2D eigenvalue weighted by Gasteiger charge is -2.34. The zero-order chi connectivity index (χ0) is 21.1. The van der Waals surface area contributed by atoms with Gasteiger partial charge in [-0.2, -0.15) is 0 Å². The number of hydrogen-bond donors (Lipinski definition) is 1. The average molecular weight is 423 g/mol. The number of benzene rings is 2. The number of carbonyl (C=O) groups is 2. The third-order valence-electron chi connectivity index (χ3n) is 4.92. The van der Waals surface area contributed by atoms with Crippen molar-refractivity contribution in [2.75, 3.05) is 24.2 Å². The number of nitrogens with one attached hydrogen (secondary N) is 1. The van der Waals surface area contributed by atoms with Crippen LogP contribution in [0.15, 0.2) is 66.1 Å². The van der Waals surface area contributed by atoms with Crippen molar-refractivity contribution in [3.8, 4) is 11.4 Å². The maximum absolute atomic E-state index is 13.1. The second-order valence-corrected chi connectivity index (χ2v) is 7.79. The van der Waals surface area contributed by atoms with Gasteiger partial charge in [0.1, 0.15) is 5.75 Å². The summed E-state index contributed by atoms with van der Waals surface area (Å²) in [6.45, 7) is 2.21. The van der Waals surface area contributed by atoms with E-state index in [1.54, 1.807) is 24.2 Å². The number of anilines is 1. The highest BCUT2D eigenvalue weighted by Gasteiger charge is 2.33. The molecular weight excluding hydrogens is 400 g/mol. The number of rotatable bonds is 5. The van der Waals surface area contributed by atoms with Crippen LogP contribution < -0.4 is 15.0 Å². The van der Waals surface area contributed by atoms with Crippen molar-refractivity contribution in [2.24, 2.45) is 0 Å². The van der Waals surface area contributed by atoms with Gasteiger partial charge in [-0.15, -0.1) is 0 Å². The van der Waals surface area contributed by atoms with Crippen LogP contribution in [-0.2, 0) is 9.59 Å². The number of ether oxygens (including phenoxy) is 1. The van der Waals surface area contributed by atoms with Crippen molar-refractivity contribution in [1.29, 1.82) is 0 Å². The SMILES string of the molecule is CNC(=O)C1CN(C(=O)CSc2nccn2-c2ccccc2C)c2ccccc2O1. The van der Waals surface area contributed by atoms with E-state index in [4.69, 9.17) is 4.74 Å². The Hall–Kier alpha value is -3.26. The Labute approximate surface area is 179 Å². The maximum Gasteiger partial charge on any atom is 0.262 e. The topological polar surface area (TPSA) is 76.5 Å². The summed E-state index contributed by atoms with van der Waals surface area (Å²) in [4.78, 5) is 31.3. The van der Waals surface area contributed by atoms with Crippen LogP contribution in [-0.4, -0.2) is 46.8 Å². The lowest BCUT2D eigenvalue weighted by Crippen LogP contribution is -2.50. The molecule has 1 aromatic heterocycles. The number of aromatic nitrogens is 2. The summed E-state index contributed by atoms with van der Waals surface area (Å²) >= 11 is 1.37. The standard InChI is InChI=1S/C22H22N4O3S/c1-15-7-3-4-8-16(15)25-12-11-24-22(25)30-14-20(27)26-13-19(21(28)23-2)29-18-10-6-5-9-17(18)26/h3-12,19H,13-14H2,1-2H3,(H,23,28). The van der Waals surface area contributed by atoms with E-state index < -0.39 is 6.10 Å². The third kappa shape index (κ3) is 3.91. The first-order chi connectivity index (χ1) is 14.6. The molecule has 0 saturated heterocycles. The fraction of sp³-hybridized carbons (Fsp3) is 0.227. The minimum atomic E-state index is -0.743. The van der Waals surface area contributed by atoms with Crippen molar-refractivity contribution < 1.29 is 14.3 Å². The molecule has 2 aromatic carbocycles. The van der Waals surface area contributed by atoms with Gasteiger partial charge < -0.3 is 15.0 Å². The number of fused-ring (bicyclic) bond motifs is 1. The van der Waals surface area contributed by atoms with Crippen molar-refractivity contribution in [3.05, 3.63) is 66.5 Å². The number of thioether (sulfide) groups is 1. The van der Waals surface area contributed by atoms with Crippen LogP contribution in [0, 0.1) is 6.92 Å². The summed E-state index contributed by atoms with van der Waals surface area (Å²) in [5.74, 6) is 0.351. The molecular formula is C22H22N4O3S. The number of likely N-dealkylation sites (N-methyl/N-ethyl adjacent to an activating group) is 1. The number of aryl methyl sites for hydroxylation is 1. The van der Waals surface area contributed by atoms with Gasteiger partial charge in [0.25, 0.3) is 5.91 Å². The molecule has 1 aliphatic heterocycles. The van der Waals surface area contributed by atoms with Crippen LogP contribution in [0.25, 0.3) is 5.69 Å². The summed E-state index contributed by atoms with van der Waals surface area (Å²) in [5, 5.41) is 3.33. The molecule has 1 atom stereocenters. The van der Waals surface area contributed by atoms with E-state index >= 15 is 0 Å². The fourth-order valence-electron chi connectivity index (χ4n) is 3.39. The Bertz CT molecular complexity index is 1080. The Balaban J connectivity index is 1.53. The highest BCUT2D eigenvalue weighted by molar-refractivity contribution is 7.99. The molecule has 4 rings (SSSR count). The fourth-order valence-corrected chi connectivity index (χ4v) is 4.23. The van der Waals surface area contributed by atoms with Crippen molar-refractivity contribution >= 4 is 29.3 Å². The predicted octanol–water partition coefficient (Wildman–Crippen LogP) is 2.81. The van der Waals surface area contributed by atoms with E-state index in [-0.39, 0.29) is 24.1 Å². The largest absolute Gasteiger partial charge is 0.477 e. The molecule has 1 unspecified atom stereocenters. The predicted molar refractivity (Wildman–Crippen MR) is 116 cm³/mol. The van der Waals surface area contributed by atoms with Crippen LogP contribution in [0.1, 0.15) is 5.56 Å². The van der Waals surface area contributed by atoms with E-state index in [1.165, 1.54) is 11.8 Å². The quantitative estimate of drug-likeness (QED) is 0.640. The van der Waals surface area contributed by atoms with Crippen LogP contribution in [0.5, 0.6) is 5.75 Å². The summed E-state index contributed by atoms with van der Waals surface area (Å²) in [5.41, 5.74) is 2.83. The van der Waals surface area contributed by atoms with Crippen LogP contribution in [0.4, 0.5) is 5.69 Å². The molecule has 0 radical (unpaired) electrons. The van der Waals surface area contributed by atoms with E-state index in [2.05, 4.69) is 10.3 Å². The molecule has 3 aromatic rings. The van der Waals surface area contributed by atoms with Gasteiger partial charge in [-0.05, 0) is 30.7 Å². The highest BCUT2D eigenvalue weighted by Crippen LogP contribution is 2.34. The molecule has 7 nitrogen and oxygen atoms in total. The normalized spacial score (nSPS) is 15.3. The lowest BCUT2D eigenvalue weighted by atomic mass is 10.2. The monoisotopic (exact) mass is 422 g/mol. The van der Waals surface area contributed by atoms with E-state index in [0.717, 1.165) is 16.4 Å². The minimum absolute atomic E-state index is 0.107. The molecule has 0 aliphatic carbocycles. The zero-order valence-corrected chi connectivity index (χ0v) is 17.6. The van der Waals surface area contributed by atoms with Gasteiger partial charge in [0.2, 0.25) is 5.91 Å². The second kappa shape index (κ2) is 8.62. The number of carbonyl (C=O) groups excluding carboxylic acids is 2. The van der Waals surface area contributed by atoms with E-state index in [1.807, 2.05) is 60.2 Å². The van der Waals surface area contributed by atoms with Crippen molar-refractivity contribution in [1.82, 2.24) is 14.9 Å². The van der Waals surface area contributed by atoms with Crippen LogP contribution >= 0.6 is 11.8 Å². The van der Waals surface area contributed by atoms with E-state index in [0.29, 0.717) is 11.4 Å². The van der Waals surface area contributed by atoms with Crippen molar-refractivity contribution in [2.45, 2.75) is 18.2 Å².